The first-order valence-corrected chi connectivity index (χ1v) is 11.9. The normalized spacial score (nSPS) is 12.6. The summed E-state index contributed by atoms with van der Waals surface area (Å²) in [5.41, 5.74) is 20.9. The topological polar surface area (TPSA) is 0 Å². The molecule has 0 saturated heterocycles. The first kappa shape index (κ1) is 22.6. The summed E-state index contributed by atoms with van der Waals surface area (Å²) in [5.74, 6) is 0. The molecule has 4 aromatic rings. The van der Waals surface area contributed by atoms with Gasteiger partial charge >= 0.3 is 0 Å². The largest absolute Gasteiger partial charge is 0.0619 e. The maximum absolute atomic E-state index is 2.46. The van der Waals surface area contributed by atoms with Gasteiger partial charge in [0.2, 0.25) is 0 Å². The molecule has 1 heteroatoms. The van der Waals surface area contributed by atoms with E-state index in [-0.39, 0.29) is 26.2 Å². The number of hydrogen-bond acceptors (Lipinski definition) is 0. The maximum atomic E-state index is 2.46. The van der Waals surface area contributed by atoms with Gasteiger partial charge in [-0.25, -0.2) is 0 Å². The van der Waals surface area contributed by atoms with Crippen LogP contribution in [0, 0.1) is 27.7 Å². The average Bonchev–Trinajstić information content (AvgIpc) is 3.38. The van der Waals surface area contributed by atoms with Crippen molar-refractivity contribution in [3.8, 4) is 22.3 Å². The summed E-state index contributed by atoms with van der Waals surface area (Å²) in [6, 6.07) is 22.8. The summed E-state index contributed by atoms with van der Waals surface area (Å²) in [7, 11) is 0. The Hall–Kier alpha value is -2.24. The molecule has 0 bridgehead atoms. The molecule has 4 aromatic carbocycles. The molecule has 33 heavy (non-hydrogen) atoms. The van der Waals surface area contributed by atoms with E-state index in [4.69, 9.17) is 0 Å². The van der Waals surface area contributed by atoms with Gasteiger partial charge in [0.05, 0.1) is 0 Å². The van der Waals surface area contributed by atoms with Gasteiger partial charge in [0.25, 0.3) is 0 Å². The van der Waals surface area contributed by atoms with Crippen LogP contribution < -0.4 is 0 Å². The molecule has 0 amide bonds. The van der Waals surface area contributed by atoms with Gasteiger partial charge in [-0.05, 0) is 131 Å². The maximum Gasteiger partial charge on any atom is 0 e. The number of hydrogen-bond donors (Lipinski definition) is 0. The molecule has 2 aliphatic carbocycles. The quantitative estimate of drug-likeness (QED) is 0.230. The van der Waals surface area contributed by atoms with Crippen LogP contribution in [-0.2, 0) is 51.9 Å². The minimum absolute atomic E-state index is 0. The van der Waals surface area contributed by atoms with E-state index in [1.165, 1.54) is 66.8 Å². The number of aryl methyl sites for hydroxylation is 4. The molecule has 0 atom stereocenters. The first-order valence-electron chi connectivity index (χ1n) is 11.9. The Kier molecular flexibility index (Phi) is 5.82. The van der Waals surface area contributed by atoms with Crippen molar-refractivity contribution in [3.63, 3.8) is 0 Å². The Morgan fingerprint density at radius 1 is 0.576 bits per heavy atom. The summed E-state index contributed by atoms with van der Waals surface area (Å²) >= 11 is 0. The zero-order valence-electron chi connectivity index (χ0n) is 20.1. The van der Waals surface area contributed by atoms with E-state index in [0.29, 0.717) is 0 Å². The molecule has 0 nitrogen and oxygen atoms in total. The SMILES string of the molecule is Cc1cc(CCc2cc(C)c3c(c2C)Cc2ccccc2-3)c(C)c2c1-c1ccccc1C2.[Zr]. The van der Waals surface area contributed by atoms with Crippen LogP contribution >= 0.6 is 0 Å². The van der Waals surface area contributed by atoms with Gasteiger partial charge in [0, 0.05) is 26.2 Å². The van der Waals surface area contributed by atoms with Crippen molar-refractivity contribution >= 4 is 0 Å². The fourth-order valence-corrected chi connectivity index (χ4v) is 6.32. The minimum atomic E-state index is 0. The van der Waals surface area contributed by atoms with Crippen LogP contribution in [0.25, 0.3) is 22.3 Å². The van der Waals surface area contributed by atoms with E-state index in [2.05, 4.69) is 88.4 Å². The van der Waals surface area contributed by atoms with Crippen LogP contribution in [0.3, 0.4) is 0 Å². The average molecular weight is 506 g/mol. The van der Waals surface area contributed by atoms with Crippen molar-refractivity contribution in [3.05, 3.63) is 116 Å². The molecular formula is C32H30Zr. The van der Waals surface area contributed by atoms with Crippen molar-refractivity contribution in [1.29, 1.82) is 0 Å². The van der Waals surface area contributed by atoms with Crippen LogP contribution in [0.1, 0.15) is 55.6 Å². The van der Waals surface area contributed by atoms with Gasteiger partial charge in [0.1, 0.15) is 0 Å². The van der Waals surface area contributed by atoms with E-state index in [1.807, 2.05) is 0 Å². The van der Waals surface area contributed by atoms with Crippen molar-refractivity contribution in [2.45, 2.75) is 53.4 Å². The summed E-state index contributed by atoms with van der Waals surface area (Å²) in [4.78, 5) is 0. The smallest absolute Gasteiger partial charge is 0 e. The standard InChI is InChI=1S/C32H30.Zr/c1-19-15-23(21(3)29-17-25-9-5-7-11-27(25)31(19)29)13-14-24-16-20(2)32-28-12-8-6-10-26(28)18-30(32)22(24)4;/h5-12,15-16H,13-14,17-18H2,1-4H3;. The molecule has 0 heterocycles. The summed E-state index contributed by atoms with van der Waals surface area (Å²) in [5, 5.41) is 0. The zero-order valence-corrected chi connectivity index (χ0v) is 22.6. The predicted molar refractivity (Wildman–Crippen MR) is 136 cm³/mol. The van der Waals surface area contributed by atoms with Gasteiger partial charge < -0.3 is 0 Å². The molecule has 0 radical (unpaired) electrons. The molecular weight excluding hydrogens is 476 g/mol. The third-order valence-corrected chi connectivity index (χ3v) is 8.01. The van der Waals surface area contributed by atoms with E-state index in [0.717, 1.165) is 25.7 Å². The molecule has 0 fully saturated rings. The Labute approximate surface area is 217 Å². The molecule has 0 aromatic heterocycles. The second-order valence-corrected chi connectivity index (χ2v) is 9.83. The molecule has 0 spiro atoms. The summed E-state index contributed by atoms with van der Waals surface area (Å²) in [6.45, 7) is 9.28. The Morgan fingerprint density at radius 2 is 0.970 bits per heavy atom. The number of benzene rings is 4. The molecule has 0 aliphatic heterocycles. The Bertz CT molecular complexity index is 1300. The second kappa shape index (κ2) is 8.52. The van der Waals surface area contributed by atoms with Gasteiger partial charge in [-0.15, -0.1) is 0 Å². The fourth-order valence-electron chi connectivity index (χ4n) is 6.32. The monoisotopic (exact) mass is 504 g/mol. The third-order valence-electron chi connectivity index (χ3n) is 8.01. The number of rotatable bonds is 3. The molecule has 0 saturated carbocycles. The van der Waals surface area contributed by atoms with E-state index >= 15 is 0 Å². The van der Waals surface area contributed by atoms with Crippen LogP contribution in [0.4, 0.5) is 0 Å². The number of fused-ring (bicyclic) bond motifs is 6. The van der Waals surface area contributed by atoms with Gasteiger partial charge in [-0.3, -0.25) is 0 Å². The second-order valence-electron chi connectivity index (χ2n) is 9.83. The molecule has 0 unspecified atom stereocenters. The zero-order chi connectivity index (χ0) is 22.0. The van der Waals surface area contributed by atoms with Crippen molar-refractivity contribution in [2.24, 2.45) is 0 Å². The molecule has 0 N–H and O–H groups in total. The van der Waals surface area contributed by atoms with Gasteiger partial charge in [-0.2, -0.15) is 0 Å². The van der Waals surface area contributed by atoms with Crippen molar-refractivity contribution in [2.75, 3.05) is 0 Å². The summed E-state index contributed by atoms with van der Waals surface area (Å²) in [6.07, 6.45) is 4.40. The van der Waals surface area contributed by atoms with Crippen LogP contribution in [0.15, 0.2) is 60.7 Å². The van der Waals surface area contributed by atoms with Gasteiger partial charge in [-0.1, -0.05) is 60.7 Å². The van der Waals surface area contributed by atoms with E-state index in [1.54, 1.807) is 11.1 Å². The fraction of sp³-hybridized carbons (Fsp3) is 0.250. The van der Waals surface area contributed by atoms with Crippen LogP contribution in [0.5, 0.6) is 0 Å². The minimum Gasteiger partial charge on any atom is -0.0619 e. The predicted octanol–water partition coefficient (Wildman–Crippen LogP) is 7.85. The Morgan fingerprint density at radius 3 is 1.39 bits per heavy atom. The van der Waals surface area contributed by atoms with Crippen LogP contribution in [0.2, 0.25) is 0 Å². The van der Waals surface area contributed by atoms with Crippen LogP contribution in [-0.4, -0.2) is 0 Å². The van der Waals surface area contributed by atoms with Gasteiger partial charge in [0.15, 0.2) is 0 Å². The van der Waals surface area contributed by atoms with Crippen molar-refractivity contribution in [1.82, 2.24) is 0 Å². The Balaban J connectivity index is 0.00000228. The third kappa shape index (κ3) is 3.52. The first-order chi connectivity index (χ1) is 15.5. The molecule has 6 rings (SSSR count). The molecule has 2 aliphatic rings. The van der Waals surface area contributed by atoms with Crippen molar-refractivity contribution < 1.29 is 26.2 Å². The molecule has 162 valence electrons. The van der Waals surface area contributed by atoms with E-state index in [9.17, 15) is 0 Å². The summed E-state index contributed by atoms with van der Waals surface area (Å²) < 4.78 is 0. The van der Waals surface area contributed by atoms with E-state index < -0.39 is 0 Å².